The maximum atomic E-state index is 13.4. The van der Waals surface area contributed by atoms with Crippen LogP contribution in [0.5, 0.6) is 5.88 Å². The highest BCUT2D eigenvalue weighted by atomic mass is 35.5. The van der Waals surface area contributed by atoms with Crippen LogP contribution in [0.15, 0.2) is 71.7 Å². The van der Waals surface area contributed by atoms with Crippen molar-refractivity contribution in [2.24, 2.45) is 0 Å². The number of rotatable bonds is 12. The van der Waals surface area contributed by atoms with Crippen LogP contribution in [0.4, 0.5) is 0 Å². The van der Waals surface area contributed by atoms with E-state index in [0.717, 1.165) is 40.7 Å². The summed E-state index contributed by atoms with van der Waals surface area (Å²) in [5.74, 6) is 0.603. The van der Waals surface area contributed by atoms with Crippen LogP contribution in [0.1, 0.15) is 36.8 Å². The number of methoxy groups -OCH3 is 1. The third-order valence-electron chi connectivity index (χ3n) is 9.45. The van der Waals surface area contributed by atoms with E-state index in [-0.39, 0.29) is 41.2 Å². The van der Waals surface area contributed by atoms with Gasteiger partial charge in [-0.25, -0.2) is 9.97 Å². The molecule has 0 spiro atoms. The Kier molecular flexibility index (Phi) is 10.8. The van der Waals surface area contributed by atoms with Crippen molar-refractivity contribution in [1.82, 2.24) is 35.6 Å². The molecule has 2 atom stereocenters. The van der Waals surface area contributed by atoms with Gasteiger partial charge in [-0.1, -0.05) is 77.3 Å². The molecule has 2 aliphatic rings. The molecule has 0 unspecified atom stereocenters. The molecule has 0 bridgehead atoms. The fourth-order valence-corrected chi connectivity index (χ4v) is 7.60. The number of carbonyl (C=O) groups excluding carboxylic acids is 2. The highest BCUT2D eigenvalue weighted by Crippen LogP contribution is 2.42. The van der Waals surface area contributed by atoms with Crippen LogP contribution in [0.25, 0.3) is 39.2 Å². The third-order valence-corrected chi connectivity index (χ3v) is 10.6. The zero-order valence-electron chi connectivity index (χ0n) is 28.3. The number of hydrogen-bond acceptors (Lipinski definition) is 8. The summed E-state index contributed by atoms with van der Waals surface area (Å²) in [6.07, 6.45) is 4.31. The van der Waals surface area contributed by atoms with E-state index in [1.165, 1.54) is 4.40 Å². The van der Waals surface area contributed by atoms with Crippen molar-refractivity contribution in [1.29, 1.82) is 0 Å². The fourth-order valence-electron chi connectivity index (χ4n) is 6.71. The van der Waals surface area contributed by atoms with Gasteiger partial charge >= 0.3 is 0 Å². The quantitative estimate of drug-likeness (QED) is 0.117. The van der Waals surface area contributed by atoms with Crippen LogP contribution >= 0.6 is 34.8 Å². The molecule has 2 aliphatic heterocycles. The molecular formula is C38H36Cl3N7O4. The van der Waals surface area contributed by atoms with Crippen LogP contribution in [-0.2, 0) is 22.7 Å². The third kappa shape index (κ3) is 7.51. The molecule has 14 heteroatoms. The average molecular weight is 761 g/mol. The number of fused-ring (bicyclic) bond motifs is 1. The average Bonchev–Trinajstić information content (AvgIpc) is 3.76. The van der Waals surface area contributed by atoms with Gasteiger partial charge in [0.05, 0.1) is 28.4 Å². The number of benzene rings is 2. The molecule has 0 radical (unpaired) electrons. The van der Waals surface area contributed by atoms with E-state index in [4.69, 9.17) is 44.5 Å². The minimum absolute atomic E-state index is 0.0300. The van der Waals surface area contributed by atoms with Gasteiger partial charge in [0.1, 0.15) is 10.8 Å². The number of carbonyl (C=O) groups is 2. The van der Waals surface area contributed by atoms with E-state index in [2.05, 4.69) is 26.3 Å². The van der Waals surface area contributed by atoms with Crippen molar-refractivity contribution in [2.75, 3.05) is 20.2 Å². The topological polar surface area (TPSA) is 139 Å². The molecule has 2 saturated heterocycles. The van der Waals surface area contributed by atoms with Gasteiger partial charge in [0.25, 0.3) is 5.56 Å². The van der Waals surface area contributed by atoms with Crippen LogP contribution in [0.3, 0.4) is 0 Å². The number of hydrogen-bond donors (Lipinski definition) is 4. The molecule has 268 valence electrons. The molecule has 2 amide bonds. The molecule has 4 N–H and O–H groups in total. The predicted octanol–water partition coefficient (Wildman–Crippen LogP) is 5.80. The molecule has 3 aromatic heterocycles. The second kappa shape index (κ2) is 15.6. The molecule has 5 aromatic rings. The summed E-state index contributed by atoms with van der Waals surface area (Å²) < 4.78 is 7.10. The summed E-state index contributed by atoms with van der Waals surface area (Å²) in [6.45, 7) is 1.95. The summed E-state index contributed by atoms with van der Waals surface area (Å²) in [6, 6.07) is 19.0. The van der Waals surface area contributed by atoms with Crippen molar-refractivity contribution >= 4 is 52.3 Å². The molecular weight excluding hydrogens is 725 g/mol. The largest absolute Gasteiger partial charge is 0.481 e. The van der Waals surface area contributed by atoms with Gasteiger partial charge in [0.15, 0.2) is 0 Å². The Balaban J connectivity index is 1.12. The normalized spacial score (nSPS) is 17.1. The number of aromatic nitrogens is 3. The zero-order chi connectivity index (χ0) is 36.4. The molecule has 0 saturated carbocycles. The standard InChI is InChI=1S/C38H36Cl3N7O4/c1-52-37-22(17-42-18-23-9-12-32(49)44-23)8-11-30(46-37)28-7-3-6-27(35(28)40)26-5-2-4-25(34(26)39)21-14-15-48-31(16-21)47-36(41)29(38(48)51)20-43-19-24-10-13-33(50)45-24/h2-8,11,14-16,23-24,42-43H,9-10,12-13,17-20H2,1H3,(H,44,49)(H,45,50)/t23-,24+/m1/s1. The summed E-state index contributed by atoms with van der Waals surface area (Å²) in [4.78, 5) is 45.7. The van der Waals surface area contributed by atoms with E-state index >= 15 is 0 Å². The van der Waals surface area contributed by atoms with Crippen LogP contribution in [0, 0.1) is 0 Å². The minimum atomic E-state index is -0.276. The number of nitrogens with zero attached hydrogens (tertiary/aromatic N) is 3. The number of nitrogens with one attached hydrogen (secondary N) is 4. The minimum Gasteiger partial charge on any atom is -0.481 e. The van der Waals surface area contributed by atoms with Gasteiger partial charge in [0, 0.05) is 85.1 Å². The second-order valence-corrected chi connectivity index (χ2v) is 14.0. The first-order chi connectivity index (χ1) is 25.2. The Morgan fingerprint density at radius 3 is 2.04 bits per heavy atom. The van der Waals surface area contributed by atoms with Gasteiger partial charge < -0.3 is 26.0 Å². The summed E-state index contributed by atoms with van der Waals surface area (Å²) in [7, 11) is 1.58. The first-order valence-corrected chi connectivity index (χ1v) is 18.2. The lowest BCUT2D eigenvalue weighted by atomic mass is 9.97. The van der Waals surface area contributed by atoms with Crippen molar-refractivity contribution < 1.29 is 14.3 Å². The van der Waals surface area contributed by atoms with Crippen molar-refractivity contribution in [2.45, 2.75) is 50.9 Å². The van der Waals surface area contributed by atoms with Crippen LogP contribution in [-0.4, -0.2) is 58.5 Å². The molecule has 11 nitrogen and oxygen atoms in total. The lowest BCUT2D eigenvalue weighted by molar-refractivity contribution is -0.120. The van der Waals surface area contributed by atoms with Crippen molar-refractivity contribution in [3.8, 4) is 39.4 Å². The van der Waals surface area contributed by atoms with Crippen molar-refractivity contribution in [3.63, 3.8) is 0 Å². The van der Waals surface area contributed by atoms with E-state index in [1.54, 1.807) is 19.4 Å². The fraction of sp³-hybridized carbons (Fsp3) is 0.289. The number of ether oxygens (including phenoxy) is 1. The van der Waals surface area contributed by atoms with E-state index < -0.39 is 0 Å². The Morgan fingerprint density at radius 2 is 1.40 bits per heavy atom. The first kappa shape index (κ1) is 35.9. The highest BCUT2D eigenvalue weighted by molar-refractivity contribution is 6.39. The van der Waals surface area contributed by atoms with Gasteiger partial charge in [0.2, 0.25) is 17.7 Å². The SMILES string of the molecule is COc1nc(-c2cccc(-c3cccc(-c4ccn5c(=O)c(CNC[C@@H]6CCC(=O)N6)c(Cl)nc5c4)c3Cl)c2Cl)ccc1CNC[C@H]1CCC(=O)N1. The number of halogens is 3. The monoisotopic (exact) mass is 759 g/mol. The first-order valence-electron chi connectivity index (χ1n) is 17.0. The zero-order valence-corrected chi connectivity index (χ0v) is 30.5. The van der Waals surface area contributed by atoms with Crippen LogP contribution < -0.4 is 31.6 Å². The maximum Gasteiger partial charge on any atom is 0.263 e. The maximum absolute atomic E-state index is 13.4. The number of pyridine rings is 2. The van der Waals surface area contributed by atoms with Crippen LogP contribution in [0.2, 0.25) is 15.2 Å². The summed E-state index contributed by atoms with van der Waals surface area (Å²) >= 11 is 20.7. The Labute approximate surface area is 315 Å². The lowest BCUT2D eigenvalue weighted by Gasteiger charge is -2.16. The lowest BCUT2D eigenvalue weighted by Crippen LogP contribution is -2.36. The van der Waals surface area contributed by atoms with E-state index in [0.29, 0.717) is 70.9 Å². The smallest absolute Gasteiger partial charge is 0.263 e. The Bertz CT molecular complexity index is 2250. The van der Waals surface area contributed by atoms with E-state index in [9.17, 15) is 14.4 Å². The van der Waals surface area contributed by atoms with Gasteiger partial charge in [-0.05, 0) is 36.6 Å². The second-order valence-electron chi connectivity index (χ2n) is 12.9. The molecule has 2 fully saturated rings. The van der Waals surface area contributed by atoms with Gasteiger partial charge in [-0.3, -0.25) is 18.8 Å². The molecule has 2 aromatic carbocycles. The Morgan fingerprint density at radius 1 is 0.788 bits per heavy atom. The van der Waals surface area contributed by atoms with Gasteiger partial charge in [-0.15, -0.1) is 0 Å². The van der Waals surface area contributed by atoms with Gasteiger partial charge in [-0.2, -0.15) is 0 Å². The predicted molar refractivity (Wildman–Crippen MR) is 203 cm³/mol. The number of amides is 2. The van der Waals surface area contributed by atoms with Crippen molar-refractivity contribution in [3.05, 3.63) is 104 Å². The molecule has 7 rings (SSSR count). The molecule has 5 heterocycles. The van der Waals surface area contributed by atoms with E-state index in [1.807, 2.05) is 54.6 Å². The molecule has 52 heavy (non-hydrogen) atoms. The highest BCUT2D eigenvalue weighted by Gasteiger charge is 2.22. The summed E-state index contributed by atoms with van der Waals surface area (Å²) in [5, 5.41) is 13.5. The molecule has 0 aliphatic carbocycles. The summed E-state index contributed by atoms with van der Waals surface area (Å²) in [5.41, 5.74) is 5.62. The Hall–Kier alpha value is -4.52.